The van der Waals surface area contributed by atoms with Crippen molar-refractivity contribution >= 4 is 29.1 Å². The van der Waals surface area contributed by atoms with Crippen molar-refractivity contribution < 1.29 is 14.3 Å². The third-order valence-electron chi connectivity index (χ3n) is 5.17. The highest BCUT2D eigenvalue weighted by Crippen LogP contribution is 2.33. The molecule has 0 bridgehead atoms. The minimum absolute atomic E-state index is 0.302. The Balaban J connectivity index is 1.58. The van der Waals surface area contributed by atoms with Crippen molar-refractivity contribution in [1.82, 2.24) is 19.6 Å². The van der Waals surface area contributed by atoms with Crippen LogP contribution < -0.4 is 14.8 Å². The minimum atomic E-state index is -0.302. The zero-order valence-corrected chi connectivity index (χ0v) is 19.8. The molecular weight excluding hydrogens is 438 g/mol. The van der Waals surface area contributed by atoms with Gasteiger partial charge in [0.25, 0.3) is 11.7 Å². The van der Waals surface area contributed by atoms with Crippen LogP contribution in [0.25, 0.3) is 5.78 Å². The minimum Gasteiger partial charge on any atom is -0.496 e. The number of nitrogens with zero attached hydrogens (tertiary/aromatic N) is 4. The van der Waals surface area contributed by atoms with Crippen LogP contribution in [0.15, 0.2) is 58.7 Å². The highest BCUT2D eigenvalue weighted by molar-refractivity contribution is 7.99. The molecule has 2 aromatic heterocycles. The fourth-order valence-electron chi connectivity index (χ4n) is 3.58. The summed E-state index contributed by atoms with van der Waals surface area (Å²) in [7, 11) is 3.05. The van der Waals surface area contributed by atoms with Crippen molar-refractivity contribution in [3.05, 3.63) is 65.6 Å². The summed E-state index contributed by atoms with van der Waals surface area (Å²) in [5.74, 6) is 1.19. The SMILES string of the molecule is CCCc1c(C)nc2ncnn2c1Sc1ccc(NC(=O)c2c(OC)cccc2OC)cc1. The highest BCUT2D eigenvalue weighted by atomic mass is 32.2. The summed E-state index contributed by atoms with van der Waals surface area (Å²) < 4.78 is 12.5. The molecule has 0 saturated carbocycles. The molecule has 9 heteroatoms. The van der Waals surface area contributed by atoms with E-state index in [1.54, 1.807) is 34.5 Å². The van der Waals surface area contributed by atoms with Crippen LogP contribution in [0.1, 0.15) is 35.0 Å². The molecule has 8 nitrogen and oxygen atoms in total. The van der Waals surface area contributed by atoms with Crippen LogP contribution in [0.2, 0.25) is 0 Å². The second kappa shape index (κ2) is 9.91. The second-order valence-corrected chi connectivity index (χ2v) is 8.38. The molecule has 1 N–H and O–H groups in total. The molecule has 0 saturated heterocycles. The lowest BCUT2D eigenvalue weighted by atomic mass is 10.1. The molecular formula is C24H25N5O3S. The number of fused-ring (bicyclic) bond motifs is 1. The lowest BCUT2D eigenvalue weighted by molar-refractivity contribution is 0.102. The van der Waals surface area contributed by atoms with E-state index in [4.69, 9.17) is 9.47 Å². The van der Waals surface area contributed by atoms with E-state index in [2.05, 4.69) is 27.3 Å². The van der Waals surface area contributed by atoms with Crippen LogP contribution in [0.5, 0.6) is 11.5 Å². The van der Waals surface area contributed by atoms with Gasteiger partial charge < -0.3 is 14.8 Å². The van der Waals surface area contributed by atoms with Gasteiger partial charge in [-0.2, -0.15) is 14.6 Å². The Morgan fingerprint density at radius 1 is 1.09 bits per heavy atom. The number of benzene rings is 2. The van der Waals surface area contributed by atoms with E-state index < -0.39 is 0 Å². The molecule has 0 aliphatic rings. The second-order valence-electron chi connectivity index (χ2n) is 7.32. The molecule has 2 aromatic carbocycles. The molecule has 170 valence electrons. The molecule has 0 fully saturated rings. The monoisotopic (exact) mass is 463 g/mol. The van der Waals surface area contributed by atoms with E-state index in [1.807, 2.05) is 31.2 Å². The fourth-order valence-corrected chi connectivity index (χ4v) is 4.67. The van der Waals surface area contributed by atoms with Gasteiger partial charge in [0.2, 0.25) is 0 Å². The largest absolute Gasteiger partial charge is 0.496 e. The first kappa shape index (κ1) is 22.6. The van der Waals surface area contributed by atoms with Crippen LogP contribution in [0.3, 0.4) is 0 Å². The molecule has 0 aliphatic heterocycles. The van der Waals surface area contributed by atoms with Crippen molar-refractivity contribution in [1.29, 1.82) is 0 Å². The van der Waals surface area contributed by atoms with E-state index in [0.717, 1.165) is 28.5 Å². The topological polar surface area (TPSA) is 90.6 Å². The Hall–Kier alpha value is -3.59. The van der Waals surface area contributed by atoms with Crippen molar-refractivity contribution in [2.75, 3.05) is 19.5 Å². The first-order chi connectivity index (χ1) is 16.0. The number of ether oxygens (including phenoxy) is 2. The maximum absolute atomic E-state index is 12.9. The predicted molar refractivity (Wildman–Crippen MR) is 128 cm³/mol. The number of amides is 1. The van der Waals surface area contributed by atoms with Gasteiger partial charge in [0.15, 0.2) is 0 Å². The average Bonchev–Trinajstić information content (AvgIpc) is 3.30. The van der Waals surface area contributed by atoms with E-state index in [9.17, 15) is 4.79 Å². The lowest BCUT2D eigenvalue weighted by Crippen LogP contribution is -2.14. The molecule has 33 heavy (non-hydrogen) atoms. The van der Waals surface area contributed by atoms with Gasteiger partial charge in [-0.25, -0.2) is 4.98 Å². The number of aromatic nitrogens is 4. The van der Waals surface area contributed by atoms with Gasteiger partial charge in [-0.15, -0.1) is 0 Å². The Morgan fingerprint density at radius 2 is 1.79 bits per heavy atom. The van der Waals surface area contributed by atoms with Crippen molar-refractivity contribution in [2.45, 2.75) is 36.6 Å². The first-order valence-corrected chi connectivity index (χ1v) is 11.4. The third kappa shape index (κ3) is 4.63. The van der Waals surface area contributed by atoms with E-state index in [0.29, 0.717) is 28.5 Å². The summed E-state index contributed by atoms with van der Waals surface area (Å²) in [4.78, 5) is 22.7. The van der Waals surface area contributed by atoms with Gasteiger partial charge in [-0.1, -0.05) is 31.2 Å². The molecule has 2 heterocycles. The molecule has 0 spiro atoms. The molecule has 4 rings (SSSR count). The third-order valence-corrected chi connectivity index (χ3v) is 6.29. The number of anilines is 1. The Kier molecular flexibility index (Phi) is 6.79. The molecule has 0 aliphatic carbocycles. The number of rotatable bonds is 8. The van der Waals surface area contributed by atoms with Crippen molar-refractivity contribution in [3.8, 4) is 11.5 Å². The summed E-state index contributed by atoms with van der Waals surface area (Å²) in [6.45, 7) is 4.15. The van der Waals surface area contributed by atoms with Gasteiger partial charge in [0.05, 0.1) is 14.2 Å². The number of carbonyl (C=O) groups is 1. The van der Waals surface area contributed by atoms with Crippen LogP contribution in [-0.2, 0) is 6.42 Å². The van der Waals surface area contributed by atoms with Crippen molar-refractivity contribution in [2.24, 2.45) is 0 Å². The van der Waals surface area contributed by atoms with Crippen LogP contribution in [-0.4, -0.2) is 39.7 Å². The average molecular weight is 464 g/mol. The predicted octanol–water partition coefficient (Wildman–Crippen LogP) is 4.81. The molecule has 0 atom stereocenters. The summed E-state index contributed by atoms with van der Waals surface area (Å²) in [6, 6.07) is 12.9. The summed E-state index contributed by atoms with van der Waals surface area (Å²) in [5.41, 5.74) is 3.16. The maximum atomic E-state index is 12.9. The quantitative estimate of drug-likeness (QED) is 0.375. The van der Waals surface area contributed by atoms with Gasteiger partial charge in [0.1, 0.15) is 28.4 Å². The van der Waals surface area contributed by atoms with Crippen LogP contribution in [0.4, 0.5) is 5.69 Å². The number of nitrogens with one attached hydrogen (secondary N) is 1. The van der Waals surface area contributed by atoms with E-state index >= 15 is 0 Å². The zero-order chi connectivity index (χ0) is 23.4. The number of hydrogen-bond donors (Lipinski definition) is 1. The molecule has 4 aromatic rings. The lowest BCUT2D eigenvalue weighted by Gasteiger charge is -2.14. The first-order valence-electron chi connectivity index (χ1n) is 10.5. The Labute approximate surface area is 196 Å². The van der Waals surface area contributed by atoms with Gasteiger partial charge >= 0.3 is 0 Å². The van der Waals surface area contributed by atoms with Crippen molar-refractivity contribution in [3.63, 3.8) is 0 Å². The van der Waals surface area contributed by atoms with Gasteiger partial charge in [-0.3, -0.25) is 4.79 Å². The van der Waals surface area contributed by atoms with E-state index in [1.165, 1.54) is 26.1 Å². The maximum Gasteiger partial charge on any atom is 0.263 e. The number of carbonyl (C=O) groups excluding carboxylic acids is 1. The Morgan fingerprint density at radius 3 is 2.42 bits per heavy atom. The summed E-state index contributed by atoms with van der Waals surface area (Å²) >= 11 is 1.61. The normalized spacial score (nSPS) is 10.9. The van der Waals surface area contributed by atoms with Gasteiger partial charge in [-0.05, 0) is 49.7 Å². The van der Waals surface area contributed by atoms with E-state index in [-0.39, 0.29) is 5.91 Å². The number of aryl methyl sites for hydroxylation is 1. The standard InChI is InChI=1S/C24H25N5O3S/c1-5-7-18-15(2)27-24-25-14-26-29(24)23(18)33-17-12-10-16(11-13-17)28-22(30)21-19(31-3)8-6-9-20(21)32-4/h6,8-14H,5,7H2,1-4H3,(H,28,30). The summed E-state index contributed by atoms with van der Waals surface area (Å²) in [6.07, 6.45) is 3.44. The number of methoxy groups -OCH3 is 2. The van der Waals surface area contributed by atoms with Crippen LogP contribution in [0, 0.1) is 6.92 Å². The summed E-state index contributed by atoms with van der Waals surface area (Å²) in [5, 5.41) is 8.29. The fraction of sp³-hybridized carbons (Fsp3) is 0.250. The Bertz CT molecular complexity index is 1270. The highest BCUT2D eigenvalue weighted by Gasteiger charge is 2.19. The number of hydrogen-bond acceptors (Lipinski definition) is 7. The molecule has 0 unspecified atom stereocenters. The zero-order valence-electron chi connectivity index (χ0n) is 19.0. The molecule has 0 radical (unpaired) electrons. The van der Waals surface area contributed by atoms with Gasteiger partial charge in [0, 0.05) is 21.8 Å². The molecule has 1 amide bonds. The smallest absolute Gasteiger partial charge is 0.263 e. The van der Waals surface area contributed by atoms with Crippen LogP contribution >= 0.6 is 11.8 Å².